The second-order valence-electron chi connectivity index (χ2n) is 4.63. The molecule has 20 heavy (non-hydrogen) atoms. The maximum atomic E-state index is 6.06. The van der Waals surface area contributed by atoms with Gasteiger partial charge in [0.25, 0.3) is 0 Å². The lowest BCUT2D eigenvalue weighted by Gasteiger charge is -2.26. The Morgan fingerprint density at radius 2 is 2.00 bits per heavy atom. The molecular formula is C14H20BrClN2O2. The van der Waals surface area contributed by atoms with Crippen molar-refractivity contribution in [2.45, 2.75) is 0 Å². The molecule has 1 aliphatic rings. The van der Waals surface area contributed by atoms with Crippen LogP contribution in [0, 0.1) is 0 Å². The van der Waals surface area contributed by atoms with Gasteiger partial charge in [0.1, 0.15) is 12.4 Å². The zero-order chi connectivity index (χ0) is 14.2. The number of ether oxygens (including phenoxy) is 2. The fourth-order valence-electron chi connectivity index (χ4n) is 2.03. The highest BCUT2D eigenvalue weighted by molar-refractivity contribution is 9.10. The highest BCUT2D eigenvalue weighted by Gasteiger charge is 2.08. The number of nitrogens with one attached hydrogen (secondary N) is 1. The monoisotopic (exact) mass is 362 g/mol. The van der Waals surface area contributed by atoms with Crippen LogP contribution in [0.3, 0.4) is 0 Å². The Morgan fingerprint density at radius 1 is 1.20 bits per heavy atom. The fraction of sp³-hybridized carbons (Fsp3) is 0.571. The Bertz CT molecular complexity index is 414. The van der Waals surface area contributed by atoms with Crippen LogP contribution < -0.4 is 10.1 Å². The highest BCUT2D eigenvalue weighted by Crippen LogP contribution is 2.27. The minimum atomic E-state index is 0.517. The fourth-order valence-corrected chi connectivity index (χ4v) is 2.76. The van der Waals surface area contributed by atoms with Gasteiger partial charge in [-0.25, -0.2) is 0 Å². The lowest BCUT2D eigenvalue weighted by atomic mass is 10.3. The van der Waals surface area contributed by atoms with Gasteiger partial charge in [-0.05, 0) is 18.2 Å². The molecule has 0 radical (unpaired) electrons. The molecule has 0 saturated carbocycles. The summed E-state index contributed by atoms with van der Waals surface area (Å²) in [6, 6.07) is 5.59. The van der Waals surface area contributed by atoms with Crippen LogP contribution in [0.25, 0.3) is 0 Å². The summed E-state index contributed by atoms with van der Waals surface area (Å²) in [6.07, 6.45) is 0. The Kier molecular flexibility index (Phi) is 7.10. The molecule has 1 saturated heterocycles. The van der Waals surface area contributed by atoms with E-state index in [0.29, 0.717) is 24.0 Å². The molecule has 1 aliphatic heterocycles. The minimum absolute atomic E-state index is 0.517. The van der Waals surface area contributed by atoms with Crippen LogP contribution >= 0.6 is 27.5 Å². The summed E-state index contributed by atoms with van der Waals surface area (Å²) in [7, 11) is 0. The predicted octanol–water partition coefficient (Wildman–Crippen LogP) is 2.40. The molecule has 0 spiro atoms. The average molecular weight is 364 g/mol. The predicted molar refractivity (Wildman–Crippen MR) is 84.8 cm³/mol. The molecule has 0 amide bonds. The topological polar surface area (TPSA) is 33.7 Å². The van der Waals surface area contributed by atoms with Crippen molar-refractivity contribution in [2.75, 3.05) is 52.5 Å². The van der Waals surface area contributed by atoms with Crippen molar-refractivity contribution in [3.63, 3.8) is 0 Å². The van der Waals surface area contributed by atoms with Gasteiger partial charge in [-0.1, -0.05) is 27.5 Å². The summed E-state index contributed by atoms with van der Waals surface area (Å²) in [5.41, 5.74) is 0. The molecule has 0 aromatic heterocycles. The van der Waals surface area contributed by atoms with Crippen LogP contribution in [-0.4, -0.2) is 57.4 Å². The van der Waals surface area contributed by atoms with E-state index in [1.54, 1.807) is 0 Å². The standard InChI is InChI=1S/C14H20BrClN2O2/c15-12-1-2-14(13(16)11-12)20-10-9-19-8-7-18-5-3-17-4-6-18/h1-2,11,17H,3-10H2. The smallest absolute Gasteiger partial charge is 0.138 e. The van der Waals surface area contributed by atoms with Crippen LogP contribution in [0.2, 0.25) is 5.02 Å². The van der Waals surface area contributed by atoms with Crippen molar-refractivity contribution in [2.24, 2.45) is 0 Å². The summed E-state index contributed by atoms with van der Waals surface area (Å²) in [6.45, 7) is 7.19. The lowest BCUT2D eigenvalue weighted by Crippen LogP contribution is -2.44. The number of hydrogen-bond donors (Lipinski definition) is 1. The third-order valence-corrected chi connectivity index (χ3v) is 3.93. The molecule has 2 rings (SSSR count). The van der Waals surface area contributed by atoms with Crippen molar-refractivity contribution in [3.05, 3.63) is 27.7 Å². The molecule has 6 heteroatoms. The van der Waals surface area contributed by atoms with E-state index in [4.69, 9.17) is 21.1 Å². The Balaban J connectivity index is 1.55. The zero-order valence-corrected chi connectivity index (χ0v) is 13.8. The van der Waals surface area contributed by atoms with Gasteiger partial charge in [-0.15, -0.1) is 0 Å². The maximum absolute atomic E-state index is 6.06. The van der Waals surface area contributed by atoms with Gasteiger partial charge in [-0.2, -0.15) is 0 Å². The molecule has 1 fully saturated rings. The van der Waals surface area contributed by atoms with E-state index in [1.807, 2.05) is 18.2 Å². The Morgan fingerprint density at radius 3 is 2.75 bits per heavy atom. The molecule has 1 heterocycles. The van der Waals surface area contributed by atoms with E-state index in [0.717, 1.165) is 43.8 Å². The number of piperazine rings is 1. The Labute approximate surface area is 133 Å². The van der Waals surface area contributed by atoms with Gasteiger partial charge in [0, 0.05) is 37.2 Å². The number of rotatable bonds is 7. The van der Waals surface area contributed by atoms with Gasteiger partial charge in [0.05, 0.1) is 18.2 Å². The van der Waals surface area contributed by atoms with Gasteiger partial charge >= 0.3 is 0 Å². The summed E-state index contributed by atoms with van der Waals surface area (Å²) in [4.78, 5) is 2.41. The first-order valence-electron chi connectivity index (χ1n) is 6.84. The molecular weight excluding hydrogens is 344 g/mol. The van der Waals surface area contributed by atoms with Gasteiger partial charge < -0.3 is 14.8 Å². The molecule has 0 bridgehead atoms. The summed E-state index contributed by atoms with van der Waals surface area (Å²) >= 11 is 9.43. The molecule has 0 atom stereocenters. The number of halogens is 2. The Hall–Kier alpha value is -0.330. The molecule has 1 aromatic rings. The summed E-state index contributed by atoms with van der Waals surface area (Å²) in [5, 5.41) is 3.95. The van der Waals surface area contributed by atoms with Gasteiger partial charge in [0.2, 0.25) is 0 Å². The normalized spacial score (nSPS) is 16.3. The van der Waals surface area contributed by atoms with Crippen molar-refractivity contribution >= 4 is 27.5 Å². The van der Waals surface area contributed by atoms with E-state index in [-0.39, 0.29) is 0 Å². The number of nitrogens with zero attached hydrogens (tertiary/aromatic N) is 1. The second kappa shape index (κ2) is 8.85. The molecule has 0 aliphatic carbocycles. The lowest BCUT2D eigenvalue weighted by molar-refractivity contribution is 0.0768. The molecule has 1 N–H and O–H groups in total. The van der Waals surface area contributed by atoms with Gasteiger partial charge in [-0.3, -0.25) is 4.90 Å². The second-order valence-corrected chi connectivity index (χ2v) is 5.95. The SMILES string of the molecule is Clc1cc(Br)ccc1OCCOCCN1CCNCC1. The summed E-state index contributed by atoms with van der Waals surface area (Å²) in [5.74, 6) is 0.695. The van der Waals surface area contributed by atoms with E-state index in [1.165, 1.54) is 0 Å². The molecule has 0 unspecified atom stereocenters. The first kappa shape index (κ1) is 16.0. The molecule has 112 valence electrons. The van der Waals surface area contributed by atoms with E-state index in [2.05, 4.69) is 26.1 Å². The van der Waals surface area contributed by atoms with Crippen molar-refractivity contribution < 1.29 is 9.47 Å². The summed E-state index contributed by atoms with van der Waals surface area (Å²) < 4.78 is 12.1. The van der Waals surface area contributed by atoms with E-state index >= 15 is 0 Å². The van der Waals surface area contributed by atoms with Crippen LogP contribution in [-0.2, 0) is 4.74 Å². The van der Waals surface area contributed by atoms with Crippen molar-refractivity contribution in [3.8, 4) is 5.75 Å². The van der Waals surface area contributed by atoms with Crippen LogP contribution in [0.1, 0.15) is 0 Å². The third kappa shape index (κ3) is 5.58. The minimum Gasteiger partial charge on any atom is -0.490 e. The van der Waals surface area contributed by atoms with Gasteiger partial charge in [0.15, 0.2) is 0 Å². The zero-order valence-electron chi connectivity index (χ0n) is 11.4. The number of benzene rings is 1. The number of hydrogen-bond acceptors (Lipinski definition) is 4. The largest absolute Gasteiger partial charge is 0.490 e. The average Bonchev–Trinajstić information content (AvgIpc) is 2.46. The first-order valence-corrected chi connectivity index (χ1v) is 8.01. The molecule has 4 nitrogen and oxygen atoms in total. The van der Waals surface area contributed by atoms with Crippen molar-refractivity contribution in [1.82, 2.24) is 10.2 Å². The first-order chi connectivity index (χ1) is 9.75. The van der Waals surface area contributed by atoms with Crippen molar-refractivity contribution in [1.29, 1.82) is 0 Å². The third-order valence-electron chi connectivity index (χ3n) is 3.14. The van der Waals surface area contributed by atoms with Crippen LogP contribution in [0.4, 0.5) is 0 Å². The quantitative estimate of drug-likeness (QED) is 0.754. The van der Waals surface area contributed by atoms with Crippen LogP contribution in [0.15, 0.2) is 22.7 Å². The highest BCUT2D eigenvalue weighted by atomic mass is 79.9. The maximum Gasteiger partial charge on any atom is 0.138 e. The van der Waals surface area contributed by atoms with E-state index in [9.17, 15) is 0 Å². The molecule has 1 aromatic carbocycles. The van der Waals surface area contributed by atoms with Crippen LogP contribution in [0.5, 0.6) is 5.75 Å². The van der Waals surface area contributed by atoms with E-state index < -0.39 is 0 Å².